The van der Waals surface area contributed by atoms with Gasteiger partial charge in [0.25, 0.3) is 15.9 Å². The Hall–Kier alpha value is -1.52. The van der Waals surface area contributed by atoms with Gasteiger partial charge in [-0.1, -0.05) is 0 Å². The summed E-state index contributed by atoms with van der Waals surface area (Å²) in [4.78, 5) is 27.0. The van der Waals surface area contributed by atoms with Crippen LogP contribution in [0.1, 0.15) is 17.8 Å². The second-order valence-corrected chi connectivity index (χ2v) is 8.49. The Morgan fingerprint density at radius 1 is 1.33 bits per heavy atom. The summed E-state index contributed by atoms with van der Waals surface area (Å²) < 4.78 is 26.5. The molecule has 0 unspecified atom stereocenters. The maximum absolute atomic E-state index is 12.5. The van der Waals surface area contributed by atoms with E-state index in [2.05, 4.69) is 15.6 Å². The van der Waals surface area contributed by atoms with Gasteiger partial charge in [0, 0.05) is 13.1 Å². The fourth-order valence-electron chi connectivity index (χ4n) is 2.58. The Bertz CT molecular complexity index is 704. The first-order valence-electron chi connectivity index (χ1n) is 6.40. The molecule has 1 aromatic heterocycles. The monoisotopic (exact) mass is 330 g/mol. The highest BCUT2D eigenvalue weighted by Gasteiger charge is 2.49. The van der Waals surface area contributed by atoms with Crippen LogP contribution in [0.4, 0.5) is 4.79 Å². The van der Waals surface area contributed by atoms with Gasteiger partial charge in [-0.3, -0.25) is 10.1 Å². The van der Waals surface area contributed by atoms with Crippen LogP contribution >= 0.6 is 11.3 Å². The summed E-state index contributed by atoms with van der Waals surface area (Å²) in [7, 11) is -3.57. The number of carbonyl (C=O) groups is 2. The molecule has 2 aliphatic rings. The molecule has 114 valence electrons. The van der Waals surface area contributed by atoms with Gasteiger partial charge in [-0.15, -0.1) is 11.3 Å². The van der Waals surface area contributed by atoms with E-state index in [-0.39, 0.29) is 36.0 Å². The van der Waals surface area contributed by atoms with Crippen molar-refractivity contribution >= 4 is 33.3 Å². The molecule has 10 heteroatoms. The van der Waals surface area contributed by atoms with Crippen LogP contribution in [0.15, 0.2) is 10.4 Å². The number of piperidine rings is 1. The third-order valence-electron chi connectivity index (χ3n) is 3.78. The van der Waals surface area contributed by atoms with Crippen LogP contribution in [0.3, 0.4) is 0 Å². The van der Waals surface area contributed by atoms with Gasteiger partial charge in [0.05, 0.1) is 11.2 Å². The molecule has 0 aliphatic carbocycles. The number of nitrogens with zero attached hydrogens (tertiary/aromatic N) is 2. The molecule has 0 aromatic carbocycles. The highest BCUT2D eigenvalue weighted by Crippen LogP contribution is 2.30. The van der Waals surface area contributed by atoms with E-state index >= 15 is 0 Å². The number of rotatable bonds is 2. The first-order valence-corrected chi connectivity index (χ1v) is 8.65. The molecule has 0 saturated carbocycles. The second kappa shape index (κ2) is 4.75. The van der Waals surface area contributed by atoms with Gasteiger partial charge < -0.3 is 5.32 Å². The maximum Gasteiger partial charge on any atom is 0.322 e. The zero-order valence-electron chi connectivity index (χ0n) is 11.2. The number of thiazole rings is 1. The zero-order valence-corrected chi connectivity index (χ0v) is 12.9. The average molecular weight is 330 g/mol. The second-order valence-electron chi connectivity index (χ2n) is 5.09. The number of nitrogens with one attached hydrogen (secondary N) is 2. The zero-order chi connectivity index (χ0) is 15.3. The van der Waals surface area contributed by atoms with E-state index in [1.54, 1.807) is 6.92 Å². The molecule has 2 aliphatic heterocycles. The van der Waals surface area contributed by atoms with Crippen molar-refractivity contribution in [3.05, 3.63) is 11.2 Å². The SMILES string of the molecule is Cc1ncc(S(=O)(=O)N2CCC3(CC2)NC(=O)NC3=O)s1. The summed E-state index contributed by atoms with van der Waals surface area (Å²) in [5, 5.41) is 5.49. The first-order chi connectivity index (χ1) is 9.83. The van der Waals surface area contributed by atoms with Crippen LogP contribution in [0.5, 0.6) is 0 Å². The quantitative estimate of drug-likeness (QED) is 0.731. The minimum absolute atomic E-state index is 0.187. The molecule has 8 nitrogen and oxygen atoms in total. The highest BCUT2D eigenvalue weighted by atomic mass is 32.2. The minimum atomic E-state index is -3.57. The molecule has 0 radical (unpaired) electrons. The topological polar surface area (TPSA) is 108 Å². The third-order valence-corrected chi connectivity index (χ3v) is 7.03. The van der Waals surface area contributed by atoms with Crippen molar-refractivity contribution in [3.63, 3.8) is 0 Å². The van der Waals surface area contributed by atoms with E-state index in [0.717, 1.165) is 11.3 Å². The molecule has 2 saturated heterocycles. The standard InChI is InChI=1S/C11H14N4O4S2/c1-7-12-6-8(20-7)21(18,19)15-4-2-11(3-5-15)9(16)13-10(17)14-11/h6H,2-5H2,1H3,(H2,13,14,16,17). The third kappa shape index (κ3) is 2.32. The van der Waals surface area contributed by atoms with Crippen molar-refractivity contribution < 1.29 is 18.0 Å². The lowest BCUT2D eigenvalue weighted by Gasteiger charge is -2.35. The van der Waals surface area contributed by atoms with Gasteiger partial charge in [-0.25, -0.2) is 18.2 Å². The lowest BCUT2D eigenvalue weighted by Crippen LogP contribution is -2.55. The smallest absolute Gasteiger partial charge is 0.322 e. The highest BCUT2D eigenvalue weighted by molar-refractivity contribution is 7.91. The molecule has 0 bridgehead atoms. The van der Waals surface area contributed by atoms with E-state index in [9.17, 15) is 18.0 Å². The number of sulfonamides is 1. The van der Waals surface area contributed by atoms with Crippen molar-refractivity contribution in [2.45, 2.75) is 29.5 Å². The number of amides is 3. The van der Waals surface area contributed by atoms with Gasteiger partial charge in [0.1, 0.15) is 5.54 Å². The molecule has 1 spiro atoms. The van der Waals surface area contributed by atoms with Crippen LogP contribution in [0.2, 0.25) is 0 Å². The van der Waals surface area contributed by atoms with Gasteiger partial charge in [-0.05, 0) is 19.8 Å². The fourth-order valence-corrected chi connectivity index (χ4v) is 5.28. The Morgan fingerprint density at radius 2 is 2.00 bits per heavy atom. The fraction of sp³-hybridized carbons (Fsp3) is 0.545. The van der Waals surface area contributed by atoms with Gasteiger partial charge in [-0.2, -0.15) is 4.31 Å². The van der Waals surface area contributed by atoms with Gasteiger partial charge in [0.15, 0.2) is 4.21 Å². The lowest BCUT2D eigenvalue weighted by atomic mass is 9.89. The molecule has 1 aromatic rings. The van der Waals surface area contributed by atoms with Crippen molar-refractivity contribution in [3.8, 4) is 0 Å². The van der Waals surface area contributed by atoms with Crippen molar-refractivity contribution in [1.29, 1.82) is 0 Å². The maximum atomic E-state index is 12.5. The number of imide groups is 1. The molecule has 2 N–H and O–H groups in total. The van der Waals surface area contributed by atoms with E-state index < -0.39 is 21.6 Å². The summed E-state index contributed by atoms with van der Waals surface area (Å²) in [6.45, 7) is 2.12. The van der Waals surface area contributed by atoms with Crippen LogP contribution in [-0.4, -0.2) is 48.3 Å². The molecule has 21 heavy (non-hydrogen) atoms. The molecule has 2 fully saturated rings. The molecular weight excluding hydrogens is 316 g/mol. The largest absolute Gasteiger partial charge is 0.323 e. The summed E-state index contributed by atoms with van der Waals surface area (Å²) >= 11 is 1.12. The molecule has 0 atom stereocenters. The Morgan fingerprint density at radius 3 is 2.48 bits per heavy atom. The van der Waals surface area contributed by atoms with Gasteiger partial charge in [0.2, 0.25) is 0 Å². The summed E-state index contributed by atoms with van der Waals surface area (Å²) in [6.07, 6.45) is 1.88. The summed E-state index contributed by atoms with van der Waals surface area (Å²) in [5.41, 5.74) is -0.966. The Kier molecular flexibility index (Phi) is 3.26. The van der Waals surface area contributed by atoms with Crippen LogP contribution in [-0.2, 0) is 14.8 Å². The van der Waals surface area contributed by atoms with E-state index in [1.165, 1.54) is 10.5 Å². The van der Waals surface area contributed by atoms with E-state index in [4.69, 9.17) is 0 Å². The molecular formula is C11H14N4O4S2. The summed E-state index contributed by atoms with van der Waals surface area (Å²) in [5.74, 6) is -0.377. The predicted molar refractivity (Wildman–Crippen MR) is 74.2 cm³/mol. The molecule has 3 amide bonds. The normalized spacial score (nSPS) is 22.3. The number of carbonyl (C=O) groups excluding carboxylic acids is 2. The van der Waals surface area contributed by atoms with Crippen molar-refractivity contribution in [1.82, 2.24) is 19.9 Å². The number of hydrogen-bond acceptors (Lipinski definition) is 6. The first kappa shape index (κ1) is 14.4. The average Bonchev–Trinajstić information content (AvgIpc) is 2.96. The minimum Gasteiger partial charge on any atom is -0.323 e. The van der Waals surface area contributed by atoms with E-state index in [0.29, 0.717) is 5.01 Å². The van der Waals surface area contributed by atoms with Crippen molar-refractivity contribution in [2.24, 2.45) is 0 Å². The molecule has 3 rings (SSSR count). The number of urea groups is 1. The van der Waals surface area contributed by atoms with Crippen LogP contribution in [0.25, 0.3) is 0 Å². The number of aromatic nitrogens is 1. The Balaban J connectivity index is 1.77. The number of hydrogen-bond donors (Lipinski definition) is 2. The van der Waals surface area contributed by atoms with Crippen LogP contribution in [0, 0.1) is 6.92 Å². The number of aryl methyl sites for hydroxylation is 1. The predicted octanol–water partition coefficient (Wildman–Crippen LogP) is -0.186. The Labute approximate surface area is 125 Å². The summed E-state index contributed by atoms with van der Waals surface area (Å²) in [6, 6.07) is -0.519. The lowest BCUT2D eigenvalue weighted by molar-refractivity contribution is -0.125. The van der Waals surface area contributed by atoms with E-state index in [1.807, 2.05) is 0 Å². The van der Waals surface area contributed by atoms with Crippen molar-refractivity contribution in [2.75, 3.05) is 13.1 Å². The van der Waals surface area contributed by atoms with Crippen LogP contribution < -0.4 is 10.6 Å². The van der Waals surface area contributed by atoms with Gasteiger partial charge >= 0.3 is 6.03 Å². The molecule has 3 heterocycles.